The van der Waals surface area contributed by atoms with E-state index in [0.717, 1.165) is 50.4 Å². The smallest absolute Gasteiger partial charge is 0.246 e. The Morgan fingerprint density at radius 2 is 1.83 bits per heavy atom. The van der Waals surface area contributed by atoms with Gasteiger partial charge in [-0.2, -0.15) is 0 Å². The lowest BCUT2D eigenvalue weighted by atomic mass is 9.89. The van der Waals surface area contributed by atoms with Crippen LogP contribution in [0.3, 0.4) is 0 Å². The maximum absolute atomic E-state index is 13.2. The molecule has 1 N–H and O–H groups in total. The Balaban J connectivity index is 1.70. The number of benzene rings is 1. The topological polar surface area (TPSA) is 48.5 Å². The fraction of sp³-hybridized carbons (Fsp3) is 0.500. The molecule has 2 saturated heterocycles. The van der Waals surface area contributed by atoms with E-state index < -0.39 is 5.54 Å². The molecule has 2 aromatic rings. The van der Waals surface area contributed by atoms with E-state index in [4.69, 9.17) is 4.98 Å². The molecule has 1 atom stereocenters. The number of anilines is 1. The lowest BCUT2D eigenvalue weighted by Gasteiger charge is -2.38. The summed E-state index contributed by atoms with van der Waals surface area (Å²) in [5, 5.41) is 2.93. The van der Waals surface area contributed by atoms with Gasteiger partial charge in [-0.25, -0.2) is 0 Å². The molecule has 0 spiro atoms. The van der Waals surface area contributed by atoms with E-state index in [1.165, 1.54) is 30.5 Å². The molecule has 4 rings (SSSR count). The largest absolute Gasteiger partial charge is 0.371 e. The number of aromatic nitrogens is 1. The maximum Gasteiger partial charge on any atom is 0.246 e. The highest BCUT2D eigenvalue weighted by Gasteiger charge is 2.49. The SMILES string of the molecule is CNC(=O)[C@]1(c2cccc(C)n2)CCCN1Cc1ccccc1N1CCCCC1. The van der Waals surface area contributed by atoms with Crippen molar-refractivity contribution in [2.24, 2.45) is 0 Å². The number of piperidine rings is 1. The van der Waals surface area contributed by atoms with E-state index in [2.05, 4.69) is 39.4 Å². The van der Waals surface area contributed by atoms with Crippen LogP contribution in [0, 0.1) is 6.92 Å². The fourth-order valence-electron chi connectivity index (χ4n) is 5.03. The van der Waals surface area contributed by atoms with Gasteiger partial charge in [0, 0.05) is 38.1 Å². The van der Waals surface area contributed by atoms with Crippen LogP contribution in [0.15, 0.2) is 42.5 Å². The summed E-state index contributed by atoms with van der Waals surface area (Å²) >= 11 is 0. The Kier molecular flexibility index (Phi) is 5.86. The first-order chi connectivity index (χ1) is 14.1. The standard InChI is InChI=1S/C24H32N4O/c1-19-10-8-13-22(26-19)24(23(29)25-2)14-9-17-28(24)18-20-11-4-5-12-21(20)27-15-6-3-7-16-27/h4-5,8,10-13H,3,6-7,9,14-18H2,1-2H3,(H,25,29)/t24-/m1/s1. The van der Waals surface area contributed by atoms with Crippen molar-refractivity contribution in [3.63, 3.8) is 0 Å². The van der Waals surface area contributed by atoms with E-state index in [1.807, 2.05) is 25.1 Å². The van der Waals surface area contributed by atoms with Crippen LogP contribution < -0.4 is 10.2 Å². The number of carbonyl (C=O) groups excluding carboxylic acids is 1. The zero-order chi connectivity index (χ0) is 20.3. The summed E-state index contributed by atoms with van der Waals surface area (Å²) in [4.78, 5) is 22.9. The van der Waals surface area contributed by atoms with Gasteiger partial charge in [0.25, 0.3) is 0 Å². The van der Waals surface area contributed by atoms with E-state index in [-0.39, 0.29) is 5.91 Å². The van der Waals surface area contributed by atoms with Gasteiger partial charge >= 0.3 is 0 Å². The van der Waals surface area contributed by atoms with Gasteiger partial charge < -0.3 is 10.2 Å². The molecule has 1 aromatic carbocycles. The summed E-state index contributed by atoms with van der Waals surface area (Å²) in [5.41, 5.74) is 3.74. The van der Waals surface area contributed by atoms with Crippen LogP contribution in [0.1, 0.15) is 49.1 Å². The van der Waals surface area contributed by atoms with Gasteiger partial charge in [0.15, 0.2) is 0 Å². The number of amides is 1. The monoisotopic (exact) mass is 392 g/mol. The van der Waals surface area contributed by atoms with Crippen LogP contribution in [-0.2, 0) is 16.9 Å². The molecule has 154 valence electrons. The highest BCUT2D eigenvalue weighted by Crippen LogP contribution is 2.40. The first-order valence-corrected chi connectivity index (χ1v) is 10.9. The van der Waals surface area contributed by atoms with Crippen LogP contribution in [0.2, 0.25) is 0 Å². The van der Waals surface area contributed by atoms with Gasteiger partial charge in [-0.3, -0.25) is 14.7 Å². The first-order valence-electron chi connectivity index (χ1n) is 10.9. The Morgan fingerprint density at radius 1 is 1.03 bits per heavy atom. The van der Waals surface area contributed by atoms with E-state index >= 15 is 0 Å². The van der Waals surface area contributed by atoms with Crippen LogP contribution in [0.25, 0.3) is 0 Å². The van der Waals surface area contributed by atoms with Gasteiger partial charge in [-0.15, -0.1) is 0 Å². The molecule has 0 radical (unpaired) electrons. The van der Waals surface area contributed by atoms with Crippen molar-refractivity contribution in [1.82, 2.24) is 15.2 Å². The fourth-order valence-corrected chi connectivity index (χ4v) is 5.03. The number of pyridine rings is 1. The second kappa shape index (κ2) is 8.54. The molecule has 5 nitrogen and oxygen atoms in total. The quantitative estimate of drug-likeness (QED) is 0.844. The number of nitrogens with zero attached hydrogens (tertiary/aromatic N) is 3. The molecule has 2 aliphatic rings. The van der Waals surface area contributed by atoms with Gasteiger partial charge in [-0.05, 0) is 69.3 Å². The minimum absolute atomic E-state index is 0.0450. The van der Waals surface area contributed by atoms with Gasteiger partial charge in [0.05, 0.1) is 5.69 Å². The summed E-state index contributed by atoms with van der Waals surface area (Å²) < 4.78 is 0. The molecule has 29 heavy (non-hydrogen) atoms. The predicted octanol–water partition coefficient (Wildman–Crippen LogP) is 3.62. The number of hydrogen-bond acceptors (Lipinski definition) is 4. The van der Waals surface area contributed by atoms with Crippen molar-refractivity contribution in [3.05, 3.63) is 59.4 Å². The second-order valence-electron chi connectivity index (χ2n) is 8.31. The minimum Gasteiger partial charge on any atom is -0.371 e. The number of hydrogen-bond donors (Lipinski definition) is 1. The van der Waals surface area contributed by atoms with Crippen molar-refractivity contribution in [3.8, 4) is 0 Å². The molecule has 0 saturated carbocycles. The van der Waals surface area contributed by atoms with E-state index in [9.17, 15) is 4.79 Å². The van der Waals surface area contributed by atoms with Gasteiger partial charge in [0.2, 0.25) is 5.91 Å². The van der Waals surface area contributed by atoms with Crippen molar-refractivity contribution in [1.29, 1.82) is 0 Å². The van der Waals surface area contributed by atoms with Crippen LogP contribution in [-0.4, -0.2) is 42.5 Å². The number of aryl methyl sites for hydroxylation is 1. The Morgan fingerprint density at radius 3 is 2.59 bits per heavy atom. The number of likely N-dealkylation sites (tertiary alicyclic amines) is 1. The molecule has 2 aliphatic heterocycles. The third kappa shape index (κ3) is 3.76. The molecule has 0 bridgehead atoms. The van der Waals surface area contributed by atoms with Crippen molar-refractivity contribution in [2.45, 2.75) is 51.1 Å². The van der Waals surface area contributed by atoms with Crippen LogP contribution in [0.4, 0.5) is 5.69 Å². The average molecular weight is 393 g/mol. The second-order valence-corrected chi connectivity index (χ2v) is 8.31. The lowest BCUT2D eigenvalue weighted by molar-refractivity contribution is -0.132. The number of nitrogens with one attached hydrogen (secondary N) is 1. The normalized spacial score (nSPS) is 22.6. The maximum atomic E-state index is 13.2. The van der Waals surface area contributed by atoms with Crippen molar-refractivity contribution in [2.75, 3.05) is 31.6 Å². The molecule has 1 amide bonds. The summed E-state index contributed by atoms with van der Waals surface area (Å²) in [6, 6.07) is 14.7. The predicted molar refractivity (Wildman–Crippen MR) is 117 cm³/mol. The number of likely N-dealkylation sites (N-methyl/N-ethyl adjacent to an activating group) is 1. The summed E-state index contributed by atoms with van der Waals surface area (Å²) in [6.07, 6.45) is 5.63. The number of para-hydroxylation sites is 1. The molecular formula is C24H32N4O. The summed E-state index contributed by atoms with van der Waals surface area (Å²) in [6.45, 7) is 5.90. The van der Waals surface area contributed by atoms with Crippen molar-refractivity contribution >= 4 is 11.6 Å². The van der Waals surface area contributed by atoms with Gasteiger partial charge in [-0.1, -0.05) is 24.3 Å². The molecule has 5 heteroatoms. The highest BCUT2D eigenvalue weighted by atomic mass is 16.2. The molecule has 3 heterocycles. The van der Waals surface area contributed by atoms with Gasteiger partial charge in [0.1, 0.15) is 5.54 Å². The zero-order valence-electron chi connectivity index (χ0n) is 17.7. The molecular weight excluding hydrogens is 360 g/mol. The molecule has 1 aromatic heterocycles. The third-order valence-electron chi connectivity index (χ3n) is 6.47. The minimum atomic E-state index is -0.699. The number of carbonyl (C=O) groups is 1. The van der Waals surface area contributed by atoms with Crippen LogP contribution >= 0.6 is 0 Å². The highest BCUT2D eigenvalue weighted by molar-refractivity contribution is 5.87. The third-order valence-corrected chi connectivity index (χ3v) is 6.47. The molecule has 0 aliphatic carbocycles. The zero-order valence-corrected chi connectivity index (χ0v) is 17.7. The van der Waals surface area contributed by atoms with Crippen molar-refractivity contribution < 1.29 is 4.79 Å². The Labute approximate surface area is 174 Å². The molecule has 0 unspecified atom stereocenters. The van der Waals surface area contributed by atoms with E-state index in [1.54, 1.807) is 7.05 Å². The Hall–Kier alpha value is -2.40. The molecule has 2 fully saturated rings. The van der Waals surface area contributed by atoms with Crippen LogP contribution in [0.5, 0.6) is 0 Å². The Bertz CT molecular complexity index is 861. The number of rotatable bonds is 5. The average Bonchev–Trinajstić information content (AvgIpc) is 3.18. The first kappa shape index (κ1) is 19.9. The van der Waals surface area contributed by atoms with E-state index in [0.29, 0.717) is 0 Å². The summed E-state index contributed by atoms with van der Waals surface area (Å²) in [5.74, 6) is 0.0450. The summed E-state index contributed by atoms with van der Waals surface area (Å²) in [7, 11) is 1.73. The lowest BCUT2D eigenvalue weighted by Crippen LogP contribution is -2.52.